The first-order chi connectivity index (χ1) is 5.09. The normalized spacial score (nSPS) is 13.1. The molecule has 0 saturated heterocycles. The van der Waals surface area contributed by atoms with Gasteiger partial charge in [-0.1, -0.05) is 15.9 Å². The Hall–Kier alpha value is -0.440. The van der Waals surface area contributed by atoms with Gasteiger partial charge in [0, 0.05) is 10.9 Å². The Labute approximate surface area is 72.4 Å². The summed E-state index contributed by atoms with van der Waals surface area (Å²) < 4.78 is 25.0. The molecule has 11 heavy (non-hydrogen) atoms. The van der Waals surface area contributed by atoms with Crippen LogP contribution in [0, 0.1) is 18.6 Å². The van der Waals surface area contributed by atoms with Crippen molar-refractivity contribution < 1.29 is 8.78 Å². The minimum atomic E-state index is -0.576. The van der Waals surface area contributed by atoms with Gasteiger partial charge in [0.1, 0.15) is 11.6 Å². The first-order valence-corrected chi connectivity index (χ1v) is 3.94. The Morgan fingerprint density at radius 3 is 2.00 bits per heavy atom. The minimum Gasteiger partial charge on any atom is -0.207 e. The lowest BCUT2D eigenvalue weighted by Gasteiger charge is -2.02. The Balaban J connectivity index is 3.08. The van der Waals surface area contributed by atoms with Crippen LogP contribution in [0.3, 0.4) is 0 Å². The maximum atomic E-state index is 12.5. The molecule has 1 unspecified atom stereocenters. The number of benzene rings is 1. The number of hydrogen-bond donors (Lipinski definition) is 0. The van der Waals surface area contributed by atoms with Gasteiger partial charge in [-0.2, -0.15) is 0 Å². The van der Waals surface area contributed by atoms with Crippen molar-refractivity contribution in [3.63, 3.8) is 0 Å². The minimum absolute atomic E-state index is 0.271. The summed E-state index contributed by atoms with van der Waals surface area (Å²) in [5, 5.41) is 0. The van der Waals surface area contributed by atoms with Gasteiger partial charge in [0.05, 0.1) is 0 Å². The van der Waals surface area contributed by atoms with E-state index in [0.29, 0.717) is 5.56 Å². The van der Waals surface area contributed by atoms with Gasteiger partial charge in [0.2, 0.25) is 0 Å². The van der Waals surface area contributed by atoms with Crippen molar-refractivity contribution in [3.05, 3.63) is 42.3 Å². The lowest BCUT2D eigenvalue weighted by atomic mass is 10.2. The summed E-state index contributed by atoms with van der Waals surface area (Å²) >= 11 is 3.11. The number of halogens is 3. The van der Waals surface area contributed by atoms with Gasteiger partial charge < -0.3 is 0 Å². The predicted molar refractivity (Wildman–Crippen MR) is 43.4 cm³/mol. The average Bonchev–Trinajstić information content (AvgIpc) is 1.85. The molecule has 0 aliphatic carbocycles. The summed E-state index contributed by atoms with van der Waals surface area (Å²) in [5.41, 5.74) is 0.502. The van der Waals surface area contributed by atoms with Crippen molar-refractivity contribution in [3.8, 4) is 0 Å². The molecule has 0 aromatic heterocycles. The van der Waals surface area contributed by atoms with Gasteiger partial charge in [-0.25, -0.2) is 8.78 Å². The molecule has 0 saturated carbocycles. The van der Waals surface area contributed by atoms with Crippen molar-refractivity contribution in [2.24, 2.45) is 0 Å². The van der Waals surface area contributed by atoms with Crippen LogP contribution in [-0.4, -0.2) is 0 Å². The fourth-order valence-electron chi connectivity index (χ4n) is 0.756. The highest BCUT2D eigenvalue weighted by molar-refractivity contribution is 9.09. The van der Waals surface area contributed by atoms with Crippen LogP contribution in [0.2, 0.25) is 0 Å². The standard InChI is InChI=1S/C8H6BrF2/c1-5(9)6-2-7(10)4-8(11)3-6/h2-5H,1H2. The quantitative estimate of drug-likeness (QED) is 0.637. The molecule has 0 aliphatic rings. The highest BCUT2D eigenvalue weighted by atomic mass is 79.9. The Morgan fingerprint density at radius 2 is 1.64 bits per heavy atom. The summed E-state index contributed by atoms with van der Waals surface area (Å²) in [6.45, 7) is 3.57. The molecule has 0 fully saturated rings. The van der Waals surface area contributed by atoms with E-state index in [-0.39, 0.29) is 4.83 Å². The van der Waals surface area contributed by atoms with Gasteiger partial charge >= 0.3 is 0 Å². The number of rotatable bonds is 1. The summed E-state index contributed by atoms with van der Waals surface area (Å²) in [5.74, 6) is -1.15. The topological polar surface area (TPSA) is 0 Å². The van der Waals surface area contributed by atoms with Crippen molar-refractivity contribution in [2.45, 2.75) is 4.83 Å². The van der Waals surface area contributed by atoms with Gasteiger partial charge in [0.25, 0.3) is 0 Å². The molecule has 1 aromatic carbocycles. The maximum Gasteiger partial charge on any atom is 0.126 e. The Morgan fingerprint density at radius 1 is 1.18 bits per heavy atom. The van der Waals surface area contributed by atoms with Crippen molar-refractivity contribution in [1.82, 2.24) is 0 Å². The summed E-state index contributed by atoms with van der Waals surface area (Å²) in [6.07, 6.45) is 0. The fraction of sp³-hybridized carbons (Fsp3) is 0.125. The van der Waals surface area contributed by atoms with Crippen LogP contribution in [0.25, 0.3) is 0 Å². The summed E-state index contributed by atoms with van der Waals surface area (Å²) in [4.78, 5) is -0.271. The second kappa shape index (κ2) is 3.30. The van der Waals surface area contributed by atoms with Crippen LogP contribution in [-0.2, 0) is 0 Å². The molecule has 1 rings (SSSR count). The molecular formula is C8H6BrF2. The lowest BCUT2D eigenvalue weighted by Crippen LogP contribution is -1.88. The van der Waals surface area contributed by atoms with E-state index < -0.39 is 11.6 Å². The molecule has 59 valence electrons. The number of hydrogen-bond acceptors (Lipinski definition) is 0. The third-order valence-corrected chi connectivity index (χ3v) is 1.78. The highest BCUT2D eigenvalue weighted by Gasteiger charge is 2.04. The van der Waals surface area contributed by atoms with Crippen LogP contribution < -0.4 is 0 Å². The monoisotopic (exact) mass is 219 g/mol. The molecule has 3 heteroatoms. The van der Waals surface area contributed by atoms with E-state index in [0.717, 1.165) is 6.07 Å². The second-order valence-corrected chi connectivity index (χ2v) is 3.28. The SMILES string of the molecule is [CH2]C(Br)c1cc(F)cc(F)c1. The van der Waals surface area contributed by atoms with E-state index in [1.54, 1.807) is 0 Å². The first-order valence-electron chi connectivity index (χ1n) is 3.03. The fourth-order valence-corrected chi connectivity index (χ4v) is 1.02. The molecule has 1 radical (unpaired) electrons. The lowest BCUT2D eigenvalue weighted by molar-refractivity contribution is 0.580. The molecule has 1 atom stereocenters. The third-order valence-electron chi connectivity index (χ3n) is 1.25. The second-order valence-electron chi connectivity index (χ2n) is 2.17. The van der Waals surface area contributed by atoms with Crippen LogP contribution in [0.5, 0.6) is 0 Å². The van der Waals surface area contributed by atoms with Crippen LogP contribution in [0.15, 0.2) is 18.2 Å². The average molecular weight is 220 g/mol. The molecule has 0 bridgehead atoms. The van der Waals surface area contributed by atoms with E-state index in [4.69, 9.17) is 0 Å². The van der Waals surface area contributed by atoms with Crippen molar-refractivity contribution in [2.75, 3.05) is 0 Å². The van der Waals surface area contributed by atoms with E-state index in [1.807, 2.05) is 0 Å². The largest absolute Gasteiger partial charge is 0.207 e. The summed E-state index contributed by atoms with van der Waals surface area (Å²) in [6, 6.07) is 3.32. The predicted octanol–water partition coefficient (Wildman–Crippen LogP) is 3.23. The zero-order valence-corrected chi connectivity index (χ0v) is 7.24. The van der Waals surface area contributed by atoms with Crippen LogP contribution in [0.1, 0.15) is 10.4 Å². The molecular weight excluding hydrogens is 214 g/mol. The summed E-state index contributed by atoms with van der Waals surface area (Å²) in [7, 11) is 0. The highest BCUT2D eigenvalue weighted by Crippen LogP contribution is 2.22. The van der Waals surface area contributed by atoms with E-state index in [2.05, 4.69) is 22.9 Å². The van der Waals surface area contributed by atoms with E-state index >= 15 is 0 Å². The van der Waals surface area contributed by atoms with Crippen molar-refractivity contribution >= 4 is 15.9 Å². The molecule has 0 spiro atoms. The number of alkyl halides is 1. The zero-order valence-electron chi connectivity index (χ0n) is 5.65. The van der Waals surface area contributed by atoms with Crippen LogP contribution in [0.4, 0.5) is 8.78 Å². The molecule has 0 aliphatic heterocycles. The maximum absolute atomic E-state index is 12.5. The van der Waals surface area contributed by atoms with Gasteiger partial charge in [-0.15, -0.1) is 0 Å². The zero-order chi connectivity index (χ0) is 8.43. The third kappa shape index (κ3) is 2.26. The smallest absolute Gasteiger partial charge is 0.126 e. The molecule has 1 aromatic rings. The van der Waals surface area contributed by atoms with E-state index in [9.17, 15) is 8.78 Å². The Bertz CT molecular complexity index is 238. The molecule has 0 amide bonds. The first kappa shape index (κ1) is 8.65. The van der Waals surface area contributed by atoms with Crippen LogP contribution >= 0.6 is 15.9 Å². The van der Waals surface area contributed by atoms with E-state index in [1.165, 1.54) is 12.1 Å². The van der Waals surface area contributed by atoms with Gasteiger partial charge in [-0.3, -0.25) is 0 Å². The molecule has 0 heterocycles. The Kier molecular flexibility index (Phi) is 2.60. The van der Waals surface area contributed by atoms with Gasteiger partial charge in [-0.05, 0) is 24.6 Å². The molecule has 0 N–H and O–H groups in total. The molecule has 0 nitrogen and oxygen atoms in total. The van der Waals surface area contributed by atoms with Gasteiger partial charge in [0.15, 0.2) is 0 Å². The van der Waals surface area contributed by atoms with Crippen molar-refractivity contribution in [1.29, 1.82) is 0 Å².